The molecule has 0 aliphatic rings. The first-order chi connectivity index (χ1) is 9.85. The van der Waals surface area contributed by atoms with Gasteiger partial charge in [-0.1, -0.05) is 0 Å². The van der Waals surface area contributed by atoms with Crippen LogP contribution in [0.2, 0.25) is 0 Å². The number of nitrogens with one attached hydrogen (secondary N) is 1. The zero-order valence-corrected chi connectivity index (χ0v) is 13.3. The lowest BCUT2D eigenvalue weighted by atomic mass is 10.3. The molecule has 110 valence electrons. The fourth-order valence-electron chi connectivity index (χ4n) is 1.88. The minimum Gasteiger partial charge on any atom is -0.441 e. The monoisotopic (exact) mass is 323 g/mol. The topological polar surface area (TPSA) is 85.1 Å². The van der Waals surface area contributed by atoms with Crippen molar-refractivity contribution in [1.29, 1.82) is 0 Å². The number of sulfonamides is 1. The number of rotatable bonds is 3. The van der Waals surface area contributed by atoms with Gasteiger partial charge >= 0.3 is 0 Å². The van der Waals surface area contributed by atoms with Crippen molar-refractivity contribution in [2.45, 2.75) is 25.7 Å². The Kier molecular flexibility index (Phi) is 3.22. The van der Waals surface area contributed by atoms with Crippen LogP contribution in [0.1, 0.15) is 16.5 Å². The Morgan fingerprint density at radius 2 is 1.95 bits per heavy atom. The summed E-state index contributed by atoms with van der Waals surface area (Å²) in [5, 5.41) is 0.362. The molecule has 0 bridgehead atoms. The highest BCUT2D eigenvalue weighted by Crippen LogP contribution is 2.25. The number of nitrogens with zero attached hydrogens (tertiary/aromatic N) is 2. The summed E-state index contributed by atoms with van der Waals surface area (Å²) in [5.41, 5.74) is 1.90. The summed E-state index contributed by atoms with van der Waals surface area (Å²) in [6.07, 6.45) is 0. The van der Waals surface area contributed by atoms with Gasteiger partial charge in [0.15, 0.2) is 16.6 Å². The zero-order chi connectivity index (χ0) is 15.2. The molecule has 8 heteroatoms. The minimum atomic E-state index is -3.68. The van der Waals surface area contributed by atoms with E-state index in [2.05, 4.69) is 14.7 Å². The summed E-state index contributed by atoms with van der Waals surface area (Å²) in [5.74, 6) is 0.499. The van der Waals surface area contributed by atoms with Crippen molar-refractivity contribution in [3.05, 3.63) is 34.7 Å². The van der Waals surface area contributed by atoms with Crippen LogP contribution < -0.4 is 4.72 Å². The standard InChI is InChI=1S/C13H13N3O3S2/c1-7-8(2)20-13(14-7)16-21(17,18)10-4-5-12-11(6-10)15-9(3)19-12/h4-6H,1-3H3,(H,14,16). The van der Waals surface area contributed by atoms with Gasteiger partial charge in [0, 0.05) is 11.8 Å². The van der Waals surface area contributed by atoms with E-state index in [0.29, 0.717) is 22.1 Å². The number of hydrogen-bond acceptors (Lipinski definition) is 6. The van der Waals surface area contributed by atoms with Crippen molar-refractivity contribution in [2.75, 3.05) is 4.72 Å². The Bertz CT molecular complexity index is 906. The fraction of sp³-hybridized carbons (Fsp3) is 0.231. The smallest absolute Gasteiger partial charge is 0.263 e. The molecule has 3 aromatic rings. The van der Waals surface area contributed by atoms with E-state index in [0.717, 1.165) is 10.6 Å². The number of benzene rings is 1. The van der Waals surface area contributed by atoms with Crippen LogP contribution in [-0.2, 0) is 10.0 Å². The molecule has 6 nitrogen and oxygen atoms in total. The molecule has 0 spiro atoms. The highest BCUT2D eigenvalue weighted by molar-refractivity contribution is 7.93. The van der Waals surface area contributed by atoms with Gasteiger partial charge in [0.25, 0.3) is 10.0 Å². The van der Waals surface area contributed by atoms with Gasteiger partial charge in [-0.05, 0) is 32.0 Å². The Morgan fingerprint density at radius 3 is 2.62 bits per heavy atom. The second-order valence-corrected chi connectivity index (χ2v) is 7.51. The molecule has 0 amide bonds. The highest BCUT2D eigenvalue weighted by Gasteiger charge is 2.18. The number of aromatic nitrogens is 2. The van der Waals surface area contributed by atoms with E-state index in [4.69, 9.17) is 4.42 Å². The lowest BCUT2D eigenvalue weighted by molar-refractivity contribution is 0.561. The van der Waals surface area contributed by atoms with E-state index in [1.807, 2.05) is 13.8 Å². The van der Waals surface area contributed by atoms with Crippen molar-refractivity contribution in [1.82, 2.24) is 9.97 Å². The highest BCUT2D eigenvalue weighted by atomic mass is 32.2. The van der Waals surface area contributed by atoms with Gasteiger partial charge in [-0.3, -0.25) is 4.72 Å². The van der Waals surface area contributed by atoms with Gasteiger partial charge in [0.1, 0.15) is 5.52 Å². The van der Waals surface area contributed by atoms with Crippen LogP contribution in [0.5, 0.6) is 0 Å². The van der Waals surface area contributed by atoms with E-state index < -0.39 is 10.0 Å². The first-order valence-corrected chi connectivity index (χ1v) is 8.49. The van der Waals surface area contributed by atoms with Gasteiger partial charge in [-0.2, -0.15) is 0 Å². The van der Waals surface area contributed by atoms with Crippen LogP contribution in [0, 0.1) is 20.8 Å². The first-order valence-electron chi connectivity index (χ1n) is 6.19. The molecule has 0 fully saturated rings. The summed E-state index contributed by atoms with van der Waals surface area (Å²) in [4.78, 5) is 9.44. The maximum Gasteiger partial charge on any atom is 0.263 e. The number of aryl methyl sites for hydroxylation is 3. The van der Waals surface area contributed by atoms with Gasteiger partial charge in [0.2, 0.25) is 0 Å². The average Bonchev–Trinajstić information content (AvgIpc) is 2.90. The summed E-state index contributed by atoms with van der Waals surface area (Å²) in [6.45, 7) is 5.45. The van der Waals surface area contributed by atoms with Crippen LogP contribution in [0.4, 0.5) is 5.13 Å². The van der Waals surface area contributed by atoms with Gasteiger partial charge in [-0.15, -0.1) is 11.3 Å². The molecule has 1 aromatic carbocycles. The lowest BCUT2D eigenvalue weighted by Gasteiger charge is -2.04. The molecular formula is C13H13N3O3S2. The lowest BCUT2D eigenvalue weighted by Crippen LogP contribution is -2.12. The predicted molar refractivity (Wildman–Crippen MR) is 81.1 cm³/mol. The molecule has 0 radical (unpaired) electrons. The van der Waals surface area contributed by atoms with Crippen LogP contribution >= 0.6 is 11.3 Å². The van der Waals surface area contributed by atoms with Crippen LogP contribution in [0.25, 0.3) is 11.1 Å². The predicted octanol–water partition coefficient (Wildman–Crippen LogP) is 3.01. The molecule has 1 N–H and O–H groups in total. The van der Waals surface area contributed by atoms with Gasteiger partial charge in [-0.25, -0.2) is 18.4 Å². The van der Waals surface area contributed by atoms with Crippen molar-refractivity contribution in [3.63, 3.8) is 0 Å². The van der Waals surface area contributed by atoms with Crippen LogP contribution in [0.3, 0.4) is 0 Å². The molecule has 3 rings (SSSR count). The van der Waals surface area contributed by atoms with Crippen molar-refractivity contribution in [2.24, 2.45) is 0 Å². The summed E-state index contributed by atoms with van der Waals surface area (Å²) < 4.78 is 32.6. The Balaban J connectivity index is 1.99. The number of anilines is 1. The molecule has 0 saturated carbocycles. The van der Waals surface area contributed by atoms with E-state index in [1.165, 1.54) is 23.5 Å². The Hall–Kier alpha value is -1.93. The molecule has 0 aliphatic carbocycles. The third kappa shape index (κ3) is 2.64. The number of thiazole rings is 1. The first kappa shape index (κ1) is 14.0. The SMILES string of the molecule is Cc1nc2cc(S(=O)(=O)Nc3nc(C)c(C)s3)ccc2o1. The van der Waals surface area contributed by atoms with Gasteiger partial charge in [0.05, 0.1) is 10.6 Å². The Morgan fingerprint density at radius 1 is 1.19 bits per heavy atom. The minimum absolute atomic E-state index is 0.133. The number of hydrogen-bond donors (Lipinski definition) is 1. The summed E-state index contributed by atoms with van der Waals surface area (Å²) >= 11 is 1.31. The molecule has 2 heterocycles. The number of oxazole rings is 1. The average molecular weight is 323 g/mol. The molecule has 0 aliphatic heterocycles. The maximum absolute atomic E-state index is 12.4. The summed E-state index contributed by atoms with van der Waals surface area (Å²) in [6, 6.07) is 4.58. The molecular weight excluding hydrogens is 310 g/mol. The normalized spacial score (nSPS) is 12.0. The third-order valence-corrected chi connectivity index (χ3v) is 5.48. The molecule has 0 unspecified atom stereocenters. The largest absolute Gasteiger partial charge is 0.441 e. The third-order valence-electron chi connectivity index (χ3n) is 3.03. The Labute approximate surface area is 125 Å². The van der Waals surface area contributed by atoms with E-state index >= 15 is 0 Å². The fourth-order valence-corrected chi connectivity index (χ4v) is 3.95. The molecule has 0 saturated heterocycles. The number of fused-ring (bicyclic) bond motifs is 1. The zero-order valence-electron chi connectivity index (χ0n) is 11.7. The van der Waals surface area contributed by atoms with Crippen molar-refractivity contribution < 1.29 is 12.8 Å². The molecule has 21 heavy (non-hydrogen) atoms. The van der Waals surface area contributed by atoms with E-state index in [-0.39, 0.29) is 4.90 Å². The second-order valence-electron chi connectivity index (χ2n) is 4.63. The maximum atomic E-state index is 12.4. The quantitative estimate of drug-likeness (QED) is 0.801. The van der Waals surface area contributed by atoms with Crippen LogP contribution in [-0.4, -0.2) is 18.4 Å². The summed E-state index contributed by atoms with van der Waals surface area (Å²) in [7, 11) is -3.68. The molecule has 2 aromatic heterocycles. The van der Waals surface area contributed by atoms with E-state index in [1.54, 1.807) is 13.0 Å². The molecule has 0 atom stereocenters. The van der Waals surface area contributed by atoms with Crippen LogP contribution in [0.15, 0.2) is 27.5 Å². The second kappa shape index (κ2) is 4.81. The van der Waals surface area contributed by atoms with E-state index in [9.17, 15) is 8.42 Å². The van der Waals surface area contributed by atoms with Crippen molar-refractivity contribution in [3.8, 4) is 0 Å². The van der Waals surface area contributed by atoms with Gasteiger partial charge < -0.3 is 4.42 Å². The van der Waals surface area contributed by atoms with Crippen molar-refractivity contribution >= 4 is 37.6 Å².